The largest absolute Gasteiger partial charge is 0.546 e. The number of allylic oxidation sites excluding steroid dienone is 1. The van der Waals surface area contributed by atoms with E-state index in [-0.39, 0.29) is 29.3 Å². The highest BCUT2D eigenvalue weighted by atomic mass is 28.4. The minimum atomic E-state index is -1.95. The lowest BCUT2D eigenvalue weighted by molar-refractivity contribution is -0.159. The Morgan fingerprint density at radius 1 is 1.26 bits per heavy atom. The van der Waals surface area contributed by atoms with E-state index in [9.17, 15) is 0 Å². The number of hydrogen-bond acceptors (Lipinski definition) is 4. The maximum absolute atomic E-state index is 6.83. The van der Waals surface area contributed by atoms with Gasteiger partial charge in [-0.2, -0.15) is 0 Å². The second kappa shape index (κ2) is 8.01. The van der Waals surface area contributed by atoms with Crippen molar-refractivity contribution in [2.75, 3.05) is 6.61 Å². The first-order valence-electron chi connectivity index (χ1n) is 10.3. The van der Waals surface area contributed by atoms with E-state index < -0.39 is 14.1 Å². The lowest BCUT2D eigenvalue weighted by atomic mass is 9.85. The van der Waals surface area contributed by atoms with Crippen molar-refractivity contribution in [3.8, 4) is 0 Å². The lowest BCUT2D eigenvalue weighted by Crippen LogP contribution is -2.47. The molecule has 0 aliphatic carbocycles. The molecule has 0 spiro atoms. The van der Waals surface area contributed by atoms with Gasteiger partial charge in [0.05, 0.1) is 18.5 Å². The van der Waals surface area contributed by atoms with E-state index in [1.807, 2.05) is 20.8 Å². The molecule has 0 bridgehead atoms. The third-order valence-electron chi connectivity index (χ3n) is 6.00. The molecule has 2 rings (SSSR count). The summed E-state index contributed by atoms with van der Waals surface area (Å²) in [5.74, 6) is 1.14. The molecule has 0 saturated carbocycles. The Bertz CT molecular complexity index is 571. The van der Waals surface area contributed by atoms with Gasteiger partial charge in [0.2, 0.25) is 8.32 Å². The van der Waals surface area contributed by atoms with Crippen LogP contribution in [0.25, 0.3) is 0 Å². The predicted octanol–water partition coefficient (Wildman–Crippen LogP) is 5.66. The Morgan fingerprint density at radius 3 is 2.33 bits per heavy atom. The first-order valence-corrected chi connectivity index (χ1v) is 13.2. The van der Waals surface area contributed by atoms with Crippen LogP contribution in [0, 0.1) is 11.8 Å². The molecular weight excluding hydrogens is 356 g/mol. The molecule has 2 aliphatic heterocycles. The Balaban J connectivity index is 2.39. The van der Waals surface area contributed by atoms with Gasteiger partial charge in [0.25, 0.3) is 0 Å². The van der Waals surface area contributed by atoms with Crippen LogP contribution in [0.2, 0.25) is 18.1 Å². The second-order valence-corrected chi connectivity index (χ2v) is 14.9. The number of hydrogen-bond donors (Lipinski definition) is 0. The third kappa shape index (κ3) is 5.25. The van der Waals surface area contributed by atoms with Gasteiger partial charge in [-0.3, -0.25) is 0 Å². The van der Waals surface area contributed by atoms with E-state index >= 15 is 0 Å². The normalized spacial score (nSPS) is 32.2. The quantitative estimate of drug-likeness (QED) is 0.444. The van der Waals surface area contributed by atoms with E-state index in [0.29, 0.717) is 12.5 Å². The molecular formula is C22H40O4Si. The molecule has 3 unspecified atom stereocenters. The fraction of sp³-hybridized carbons (Fsp3) is 0.818. The monoisotopic (exact) mass is 396 g/mol. The maximum Gasteiger partial charge on any atom is 0.250 e. The molecule has 0 aromatic carbocycles. The Hall–Kier alpha value is -0.623. The molecule has 1 fully saturated rings. The van der Waals surface area contributed by atoms with Gasteiger partial charge in [0, 0.05) is 5.92 Å². The SMILES string of the molecule is C/C=C/C1OC([C@H]2COC(C)(C)O2)C=C(O[Si](C)(C)C(C)(C)C)C1C(C)C. The molecule has 27 heavy (non-hydrogen) atoms. The molecule has 2 aliphatic rings. The highest BCUT2D eigenvalue weighted by Gasteiger charge is 2.46. The van der Waals surface area contributed by atoms with Gasteiger partial charge in [-0.05, 0) is 50.9 Å². The van der Waals surface area contributed by atoms with Crippen molar-refractivity contribution in [1.29, 1.82) is 0 Å². The number of rotatable bonds is 5. The smallest absolute Gasteiger partial charge is 0.250 e. The Kier molecular flexibility index (Phi) is 6.73. The van der Waals surface area contributed by atoms with Gasteiger partial charge in [0.15, 0.2) is 5.79 Å². The summed E-state index contributed by atoms with van der Waals surface area (Å²) < 4.78 is 25.2. The van der Waals surface area contributed by atoms with Crippen molar-refractivity contribution in [1.82, 2.24) is 0 Å². The van der Waals surface area contributed by atoms with Gasteiger partial charge in [0.1, 0.15) is 12.2 Å². The van der Waals surface area contributed by atoms with E-state index in [4.69, 9.17) is 18.6 Å². The molecule has 0 amide bonds. The molecule has 0 aromatic rings. The van der Waals surface area contributed by atoms with E-state index in [1.165, 1.54) is 0 Å². The molecule has 5 heteroatoms. The molecule has 4 atom stereocenters. The van der Waals surface area contributed by atoms with Gasteiger partial charge in [-0.1, -0.05) is 46.8 Å². The first kappa shape index (κ1) is 22.7. The zero-order chi connectivity index (χ0) is 20.6. The summed E-state index contributed by atoms with van der Waals surface area (Å²) in [6.45, 7) is 22.4. The highest BCUT2D eigenvalue weighted by molar-refractivity contribution is 6.74. The standard InChI is InChI=1S/C22H40O4Si/c1-11-12-16-20(15(2)3)18(26-27(9,10)21(4,5)6)13-17(24-16)19-14-23-22(7,8)25-19/h11-13,15-17,19-20H,14H2,1-10H3/b12-11+/t16?,17?,19-,20?/m1/s1. The second-order valence-electron chi connectivity index (χ2n) is 10.2. The van der Waals surface area contributed by atoms with Gasteiger partial charge < -0.3 is 18.6 Å². The summed E-state index contributed by atoms with van der Waals surface area (Å²) in [5, 5.41) is 0.147. The topological polar surface area (TPSA) is 36.9 Å². The highest BCUT2D eigenvalue weighted by Crippen LogP contribution is 2.43. The van der Waals surface area contributed by atoms with Crippen molar-refractivity contribution in [2.45, 2.75) is 97.6 Å². The minimum absolute atomic E-state index is 0.0166. The van der Waals surface area contributed by atoms with Gasteiger partial charge in [-0.25, -0.2) is 0 Å². The predicted molar refractivity (Wildman–Crippen MR) is 113 cm³/mol. The average molecular weight is 397 g/mol. The Morgan fingerprint density at radius 2 is 1.89 bits per heavy atom. The summed E-state index contributed by atoms with van der Waals surface area (Å²) in [6.07, 6.45) is 6.10. The van der Waals surface area contributed by atoms with Crippen LogP contribution in [0.1, 0.15) is 55.4 Å². The summed E-state index contributed by atoms with van der Waals surface area (Å²) in [6, 6.07) is 0. The van der Waals surface area contributed by atoms with E-state index in [2.05, 4.69) is 65.9 Å². The summed E-state index contributed by atoms with van der Waals surface area (Å²) in [4.78, 5) is 0. The zero-order valence-corrected chi connectivity index (χ0v) is 20.0. The van der Waals surface area contributed by atoms with Crippen molar-refractivity contribution in [3.63, 3.8) is 0 Å². The molecule has 0 N–H and O–H groups in total. The van der Waals surface area contributed by atoms with Crippen molar-refractivity contribution >= 4 is 8.32 Å². The van der Waals surface area contributed by atoms with Gasteiger partial charge >= 0.3 is 0 Å². The minimum Gasteiger partial charge on any atom is -0.546 e. The van der Waals surface area contributed by atoms with Crippen molar-refractivity contribution in [3.05, 3.63) is 24.0 Å². The van der Waals surface area contributed by atoms with Gasteiger partial charge in [-0.15, -0.1) is 0 Å². The van der Waals surface area contributed by atoms with E-state index in [1.54, 1.807) is 0 Å². The van der Waals surface area contributed by atoms with Crippen LogP contribution >= 0.6 is 0 Å². The summed E-state index contributed by atoms with van der Waals surface area (Å²) >= 11 is 0. The molecule has 1 saturated heterocycles. The summed E-state index contributed by atoms with van der Waals surface area (Å²) in [5.41, 5.74) is 0. The molecule has 0 radical (unpaired) electrons. The first-order chi connectivity index (χ1) is 12.3. The van der Waals surface area contributed by atoms with Crippen molar-refractivity contribution < 1.29 is 18.6 Å². The van der Waals surface area contributed by atoms with Crippen LogP contribution in [0.5, 0.6) is 0 Å². The van der Waals surface area contributed by atoms with E-state index in [0.717, 1.165) is 5.76 Å². The molecule has 4 nitrogen and oxygen atoms in total. The van der Waals surface area contributed by atoms with Crippen LogP contribution in [0.15, 0.2) is 24.0 Å². The van der Waals surface area contributed by atoms with Crippen molar-refractivity contribution in [2.24, 2.45) is 11.8 Å². The van der Waals surface area contributed by atoms with Crippen LogP contribution in [-0.2, 0) is 18.6 Å². The fourth-order valence-electron chi connectivity index (χ4n) is 3.42. The Labute approximate surface area is 167 Å². The molecule has 0 aromatic heterocycles. The van der Waals surface area contributed by atoms with Crippen LogP contribution in [-0.4, -0.2) is 39.0 Å². The average Bonchev–Trinajstić information content (AvgIpc) is 2.85. The van der Waals surface area contributed by atoms with Crippen LogP contribution in [0.4, 0.5) is 0 Å². The summed E-state index contributed by atoms with van der Waals surface area (Å²) in [7, 11) is -1.95. The fourth-order valence-corrected chi connectivity index (χ4v) is 4.52. The molecule has 2 heterocycles. The van der Waals surface area contributed by atoms with Crippen LogP contribution < -0.4 is 0 Å². The third-order valence-corrected chi connectivity index (χ3v) is 10.4. The zero-order valence-electron chi connectivity index (χ0n) is 19.0. The maximum atomic E-state index is 6.83. The lowest BCUT2D eigenvalue weighted by Gasteiger charge is -2.44. The number of ether oxygens (including phenoxy) is 3. The molecule has 156 valence electrons. The van der Waals surface area contributed by atoms with Crippen LogP contribution in [0.3, 0.4) is 0 Å².